The summed E-state index contributed by atoms with van der Waals surface area (Å²) in [7, 11) is -3.22. The number of carbonyl (C=O) groups excluding carboxylic acids is 1. The fraction of sp³-hybridized carbons (Fsp3) is 0.917. The predicted molar refractivity (Wildman–Crippen MR) is 70.1 cm³/mol. The summed E-state index contributed by atoms with van der Waals surface area (Å²) in [6.45, 7) is 3.55. The van der Waals surface area contributed by atoms with Crippen LogP contribution in [0.3, 0.4) is 0 Å². The van der Waals surface area contributed by atoms with Crippen LogP contribution in [-0.4, -0.2) is 55.9 Å². The molecule has 0 aromatic carbocycles. The Bertz CT molecular complexity index is 394. The van der Waals surface area contributed by atoms with Gasteiger partial charge in [-0.05, 0) is 32.2 Å². The number of hydrogen-bond acceptors (Lipinski definition) is 4. The Balaban J connectivity index is 2.04. The van der Waals surface area contributed by atoms with Gasteiger partial charge in [-0.25, -0.2) is 8.42 Å². The molecule has 0 saturated carbocycles. The summed E-state index contributed by atoms with van der Waals surface area (Å²) in [5, 5.41) is 3.31. The molecule has 0 spiro atoms. The van der Waals surface area contributed by atoms with E-state index in [0.717, 1.165) is 32.4 Å². The lowest BCUT2D eigenvalue weighted by molar-refractivity contribution is -0.130. The number of sulfone groups is 1. The molecule has 2 aliphatic rings. The van der Waals surface area contributed by atoms with E-state index in [4.69, 9.17) is 0 Å². The van der Waals surface area contributed by atoms with Gasteiger partial charge in [0.05, 0.1) is 5.75 Å². The van der Waals surface area contributed by atoms with E-state index in [2.05, 4.69) is 5.32 Å². The first kappa shape index (κ1) is 13.8. The fourth-order valence-electron chi connectivity index (χ4n) is 3.04. The van der Waals surface area contributed by atoms with Crippen LogP contribution in [0, 0.1) is 0 Å². The molecule has 1 N–H and O–H groups in total. The van der Waals surface area contributed by atoms with Crippen molar-refractivity contribution in [3.05, 3.63) is 0 Å². The van der Waals surface area contributed by atoms with Gasteiger partial charge in [-0.3, -0.25) is 4.79 Å². The summed E-state index contributed by atoms with van der Waals surface area (Å²) in [4.78, 5) is 14.1. The molecule has 2 fully saturated rings. The lowest BCUT2D eigenvalue weighted by atomic mass is 10.1. The molecule has 2 aliphatic heterocycles. The molecule has 2 heterocycles. The van der Waals surface area contributed by atoms with E-state index in [9.17, 15) is 13.2 Å². The van der Waals surface area contributed by atoms with E-state index in [1.54, 1.807) is 0 Å². The van der Waals surface area contributed by atoms with Crippen molar-refractivity contribution in [2.24, 2.45) is 0 Å². The van der Waals surface area contributed by atoms with Crippen molar-refractivity contribution in [3.63, 3.8) is 0 Å². The Kier molecular flexibility index (Phi) is 4.27. The normalized spacial score (nSPS) is 28.2. The molecular weight excluding hydrogens is 252 g/mol. The Morgan fingerprint density at radius 3 is 2.72 bits per heavy atom. The van der Waals surface area contributed by atoms with E-state index < -0.39 is 9.84 Å². The van der Waals surface area contributed by atoms with Gasteiger partial charge >= 0.3 is 0 Å². The summed E-state index contributed by atoms with van der Waals surface area (Å²) >= 11 is 0. The Morgan fingerprint density at radius 1 is 1.28 bits per heavy atom. The zero-order valence-corrected chi connectivity index (χ0v) is 11.7. The Hall–Kier alpha value is -0.620. The van der Waals surface area contributed by atoms with Crippen molar-refractivity contribution in [3.8, 4) is 0 Å². The van der Waals surface area contributed by atoms with E-state index in [0.29, 0.717) is 6.42 Å². The largest absolute Gasteiger partial charge is 0.335 e. The van der Waals surface area contributed by atoms with Crippen molar-refractivity contribution in [1.82, 2.24) is 10.2 Å². The maximum Gasteiger partial charge on any atom is 0.238 e. The van der Waals surface area contributed by atoms with Gasteiger partial charge in [-0.1, -0.05) is 6.92 Å². The summed E-state index contributed by atoms with van der Waals surface area (Å²) in [5.41, 5.74) is 0. The minimum atomic E-state index is -3.22. The van der Waals surface area contributed by atoms with Crippen LogP contribution in [0.15, 0.2) is 0 Å². The van der Waals surface area contributed by atoms with E-state index in [1.807, 2.05) is 11.8 Å². The first-order valence-electron chi connectivity index (χ1n) is 6.76. The second-order valence-electron chi connectivity index (χ2n) is 5.27. The van der Waals surface area contributed by atoms with Gasteiger partial charge in [0, 0.05) is 18.6 Å². The number of rotatable bonds is 4. The third kappa shape index (κ3) is 3.03. The molecule has 5 nitrogen and oxygen atoms in total. The predicted octanol–water partition coefficient (Wildman–Crippen LogP) is 0.164. The van der Waals surface area contributed by atoms with Crippen LogP contribution in [-0.2, 0) is 14.6 Å². The average molecular weight is 274 g/mol. The van der Waals surface area contributed by atoms with Crippen LogP contribution in [0.1, 0.15) is 32.6 Å². The second-order valence-corrected chi connectivity index (χ2v) is 7.45. The molecule has 2 bridgehead atoms. The van der Waals surface area contributed by atoms with Crippen LogP contribution in [0.4, 0.5) is 0 Å². The Labute approximate surface area is 109 Å². The standard InChI is InChI=1S/C12H22N2O3S/c1-2-7-18(16,17)9-12(15)14-10-3-4-11(14)8-13-6-5-10/h10-11,13H,2-9H2,1H3. The van der Waals surface area contributed by atoms with Crippen LogP contribution >= 0.6 is 0 Å². The fourth-order valence-corrected chi connectivity index (χ4v) is 4.33. The Morgan fingerprint density at radius 2 is 2.00 bits per heavy atom. The quantitative estimate of drug-likeness (QED) is 0.793. The topological polar surface area (TPSA) is 66.5 Å². The first-order chi connectivity index (χ1) is 8.53. The zero-order chi connectivity index (χ0) is 13.2. The summed E-state index contributed by atoms with van der Waals surface area (Å²) in [5.74, 6) is -0.395. The highest BCUT2D eigenvalue weighted by Crippen LogP contribution is 2.28. The van der Waals surface area contributed by atoms with Crippen LogP contribution in [0.2, 0.25) is 0 Å². The molecular formula is C12H22N2O3S. The zero-order valence-electron chi connectivity index (χ0n) is 10.9. The SMILES string of the molecule is CCCS(=O)(=O)CC(=O)N1C2CCNCC1CC2. The van der Waals surface area contributed by atoms with Gasteiger partial charge in [0.15, 0.2) is 9.84 Å². The number of hydrogen-bond donors (Lipinski definition) is 1. The van der Waals surface area contributed by atoms with Gasteiger partial charge in [-0.2, -0.15) is 0 Å². The molecule has 0 aromatic heterocycles. The minimum Gasteiger partial charge on any atom is -0.335 e. The summed E-state index contributed by atoms with van der Waals surface area (Å²) in [6, 6.07) is 0.441. The number of amides is 1. The molecule has 0 radical (unpaired) electrons. The molecule has 2 rings (SSSR count). The molecule has 6 heteroatoms. The number of fused-ring (bicyclic) bond motifs is 2. The van der Waals surface area contributed by atoms with Gasteiger partial charge in [0.25, 0.3) is 0 Å². The molecule has 104 valence electrons. The highest BCUT2D eigenvalue weighted by Gasteiger charge is 2.38. The monoisotopic (exact) mass is 274 g/mol. The molecule has 2 unspecified atom stereocenters. The lowest BCUT2D eigenvalue weighted by Gasteiger charge is -2.27. The minimum absolute atomic E-state index is 0.111. The second kappa shape index (κ2) is 5.57. The van der Waals surface area contributed by atoms with Crippen molar-refractivity contribution in [2.75, 3.05) is 24.6 Å². The average Bonchev–Trinajstić information content (AvgIpc) is 2.51. The van der Waals surface area contributed by atoms with Crippen LogP contribution < -0.4 is 5.32 Å². The third-order valence-electron chi connectivity index (χ3n) is 3.80. The van der Waals surface area contributed by atoms with E-state index in [1.165, 1.54) is 0 Å². The third-order valence-corrected chi connectivity index (χ3v) is 5.52. The van der Waals surface area contributed by atoms with Crippen LogP contribution in [0.5, 0.6) is 0 Å². The number of carbonyl (C=O) groups is 1. The lowest BCUT2D eigenvalue weighted by Crippen LogP contribution is -2.45. The summed E-state index contributed by atoms with van der Waals surface area (Å²) < 4.78 is 23.5. The number of nitrogens with one attached hydrogen (secondary N) is 1. The molecule has 0 aromatic rings. The molecule has 2 atom stereocenters. The maximum atomic E-state index is 12.2. The van der Waals surface area contributed by atoms with Gasteiger partial charge in [0.1, 0.15) is 5.75 Å². The number of nitrogens with zero attached hydrogens (tertiary/aromatic N) is 1. The first-order valence-corrected chi connectivity index (χ1v) is 8.58. The smallest absolute Gasteiger partial charge is 0.238 e. The highest BCUT2D eigenvalue weighted by molar-refractivity contribution is 7.92. The highest BCUT2D eigenvalue weighted by atomic mass is 32.2. The van der Waals surface area contributed by atoms with Gasteiger partial charge in [-0.15, -0.1) is 0 Å². The molecule has 2 saturated heterocycles. The van der Waals surface area contributed by atoms with E-state index >= 15 is 0 Å². The van der Waals surface area contributed by atoms with Crippen LogP contribution in [0.25, 0.3) is 0 Å². The van der Waals surface area contributed by atoms with Crippen molar-refractivity contribution >= 4 is 15.7 Å². The maximum absolute atomic E-state index is 12.2. The summed E-state index contributed by atoms with van der Waals surface area (Å²) in [6.07, 6.45) is 3.53. The van der Waals surface area contributed by atoms with Gasteiger partial charge < -0.3 is 10.2 Å². The van der Waals surface area contributed by atoms with Crippen molar-refractivity contribution in [2.45, 2.75) is 44.7 Å². The molecule has 18 heavy (non-hydrogen) atoms. The van der Waals surface area contributed by atoms with Crippen molar-refractivity contribution in [1.29, 1.82) is 0 Å². The molecule has 1 amide bonds. The van der Waals surface area contributed by atoms with E-state index in [-0.39, 0.29) is 29.5 Å². The van der Waals surface area contributed by atoms with Gasteiger partial charge in [0.2, 0.25) is 5.91 Å². The molecule has 0 aliphatic carbocycles. The van der Waals surface area contributed by atoms with Crippen molar-refractivity contribution < 1.29 is 13.2 Å².